The summed E-state index contributed by atoms with van der Waals surface area (Å²) in [6.07, 6.45) is 5.68. The van der Waals surface area contributed by atoms with Crippen LogP contribution in [0.3, 0.4) is 0 Å². The summed E-state index contributed by atoms with van der Waals surface area (Å²) in [7, 11) is 0. The molecule has 0 saturated heterocycles. The molecule has 1 aliphatic carbocycles. The van der Waals surface area contributed by atoms with Crippen molar-refractivity contribution in [2.45, 2.75) is 43.7 Å². The Labute approximate surface area is 93.7 Å². The molecule has 3 heteroatoms. The van der Waals surface area contributed by atoms with E-state index in [1.54, 1.807) is 0 Å². The Balaban J connectivity index is 2.20. The van der Waals surface area contributed by atoms with Crippen molar-refractivity contribution in [2.75, 3.05) is 5.75 Å². The first kappa shape index (κ1) is 9.52. The van der Waals surface area contributed by atoms with Crippen LogP contribution in [0.5, 0.6) is 0 Å². The van der Waals surface area contributed by atoms with Crippen molar-refractivity contribution < 1.29 is 0 Å². The molecule has 3 rings (SSSR count). The number of nitrogens with zero attached hydrogens (tertiary/aromatic N) is 1. The van der Waals surface area contributed by atoms with E-state index in [0.717, 1.165) is 37.1 Å². The Hall–Kier alpha value is -0.700. The summed E-state index contributed by atoms with van der Waals surface area (Å²) in [5.41, 5.74) is 2.73. The first-order valence-electron chi connectivity index (χ1n) is 5.74. The van der Waals surface area contributed by atoms with Gasteiger partial charge in [-0.3, -0.25) is 4.79 Å². The molecule has 0 atom stereocenters. The average Bonchev–Trinajstić information content (AvgIpc) is 2.30. The van der Waals surface area contributed by atoms with Gasteiger partial charge in [0.2, 0.25) is 0 Å². The van der Waals surface area contributed by atoms with E-state index in [2.05, 4.69) is 6.07 Å². The zero-order valence-corrected chi connectivity index (χ0v) is 9.61. The van der Waals surface area contributed by atoms with Crippen LogP contribution in [0.15, 0.2) is 15.9 Å². The molecule has 0 bridgehead atoms. The van der Waals surface area contributed by atoms with Gasteiger partial charge in [-0.1, -0.05) is 0 Å². The smallest absolute Gasteiger partial charge is 0.254 e. The molecule has 0 aromatic carbocycles. The number of hydrogen-bond donors (Lipinski definition) is 0. The monoisotopic (exact) mass is 221 g/mol. The van der Waals surface area contributed by atoms with Crippen LogP contribution in [0.25, 0.3) is 0 Å². The minimum absolute atomic E-state index is 0.300. The molecule has 15 heavy (non-hydrogen) atoms. The maximum Gasteiger partial charge on any atom is 0.254 e. The highest BCUT2D eigenvalue weighted by Gasteiger charge is 2.19. The van der Waals surface area contributed by atoms with Crippen molar-refractivity contribution >= 4 is 11.8 Å². The standard InChI is InChI=1S/C12H15NOS/c14-12-10-5-2-1-4-9(10)8-11-13(12)6-3-7-15-11/h8H,1-7H2. The molecule has 0 spiro atoms. The zero-order chi connectivity index (χ0) is 10.3. The van der Waals surface area contributed by atoms with E-state index in [-0.39, 0.29) is 0 Å². The molecule has 0 amide bonds. The van der Waals surface area contributed by atoms with Crippen molar-refractivity contribution in [3.8, 4) is 0 Å². The maximum atomic E-state index is 12.2. The topological polar surface area (TPSA) is 22.0 Å². The van der Waals surface area contributed by atoms with Crippen molar-refractivity contribution in [2.24, 2.45) is 0 Å². The van der Waals surface area contributed by atoms with E-state index in [9.17, 15) is 4.79 Å². The SMILES string of the molecule is O=c1c2c(cc3n1CCCS3)CCCC2. The third-order valence-electron chi connectivity index (χ3n) is 3.35. The first-order chi connectivity index (χ1) is 7.36. The highest BCUT2D eigenvalue weighted by molar-refractivity contribution is 7.99. The van der Waals surface area contributed by atoms with Gasteiger partial charge >= 0.3 is 0 Å². The second kappa shape index (κ2) is 3.71. The molecule has 0 fully saturated rings. The Kier molecular flexibility index (Phi) is 2.35. The molecule has 0 N–H and O–H groups in total. The van der Waals surface area contributed by atoms with Gasteiger partial charge in [0.25, 0.3) is 5.56 Å². The molecule has 2 aliphatic rings. The number of rotatable bonds is 0. The van der Waals surface area contributed by atoms with Crippen molar-refractivity contribution in [3.05, 3.63) is 27.5 Å². The minimum atomic E-state index is 0.300. The number of pyridine rings is 1. The summed E-state index contributed by atoms with van der Waals surface area (Å²) in [6.45, 7) is 0.925. The number of fused-ring (bicyclic) bond motifs is 2. The Morgan fingerprint density at radius 1 is 1.20 bits per heavy atom. The molecule has 2 nitrogen and oxygen atoms in total. The van der Waals surface area contributed by atoms with Crippen LogP contribution in [0.2, 0.25) is 0 Å². The second-order valence-corrected chi connectivity index (χ2v) is 5.47. The van der Waals surface area contributed by atoms with Crippen molar-refractivity contribution in [1.29, 1.82) is 0 Å². The van der Waals surface area contributed by atoms with Gasteiger partial charge in [0.15, 0.2) is 0 Å². The Morgan fingerprint density at radius 2 is 2.07 bits per heavy atom. The van der Waals surface area contributed by atoms with Crippen LogP contribution >= 0.6 is 11.8 Å². The number of aromatic nitrogens is 1. The second-order valence-electron chi connectivity index (χ2n) is 4.35. The molecule has 1 aliphatic heterocycles. The van der Waals surface area contributed by atoms with Gasteiger partial charge in [0.05, 0.1) is 5.03 Å². The van der Waals surface area contributed by atoms with E-state index in [1.165, 1.54) is 23.4 Å². The Morgan fingerprint density at radius 3 is 3.00 bits per heavy atom. The Bertz CT molecular complexity index is 412. The molecule has 0 radical (unpaired) electrons. The molecule has 0 unspecified atom stereocenters. The van der Waals surface area contributed by atoms with Crippen LogP contribution in [0.4, 0.5) is 0 Å². The molecule has 2 heterocycles. The third kappa shape index (κ3) is 1.53. The summed E-state index contributed by atoms with van der Waals surface area (Å²) in [5, 5.41) is 1.20. The molecule has 80 valence electrons. The van der Waals surface area contributed by atoms with E-state index in [0.29, 0.717) is 5.56 Å². The summed E-state index contributed by atoms with van der Waals surface area (Å²) < 4.78 is 1.98. The third-order valence-corrected chi connectivity index (χ3v) is 4.48. The van der Waals surface area contributed by atoms with Crippen LogP contribution in [0.1, 0.15) is 30.4 Å². The first-order valence-corrected chi connectivity index (χ1v) is 6.73. The lowest BCUT2D eigenvalue weighted by atomic mass is 9.93. The fraction of sp³-hybridized carbons (Fsp3) is 0.583. The van der Waals surface area contributed by atoms with E-state index < -0.39 is 0 Å². The maximum absolute atomic E-state index is 12.2. The number of hydrogen-bond acceptors (Lipinski definition) is 2. The van der Waals surface area contributed by atoms with Gasteiger partial charge in [-0.15, -0.1) is 11.8 Å². The van der Waals surface area contributed by atoms with Crippen molar-refractivity contribution in [1.82, 2.24) is 4.57 Å². The van der Waals surface area contributed by atoms with Gasteiger partial charge in [-0.25, -0.2) is 0 Å². The number of aryl methyl sites for hydroxylation is 1. The quantitative estimate of drug-likeness (QED) is 0.670. The molecule has 1 aromatic heterocycles. The molecule has 0 saturated carbocycles. The van der Waals surface area contributed by atoms with Crippen LogP contribution < -0.4 is 5.56 Å². The fourth-order valence-electron chi connectivity index (χ4n) is 2.55. The molecular weight excluding hydrogens is 206 g/mol. The summed E-state index contributed by atoms with van der Waals surface area (Å²) >= 11 is 1.84. The zero-order valence-electron chi connectivity index (χ0n) is 8.79. The van der Waals surface area contributed by atoms with Gasteiger partial charge < -0.3 is 4.57 Å². The lowest BCUT2D eigenvalue weighted by molar-refractivity contribution is 0.565. The van der Waals surface area contributed by atoms with E-state index in [4.69, 9.17) is 0 Å². The highest BCUT2D eigenvalue weighted by Crippen LogP contribution is 2.27. The van der Waals surface area contributed by atoms with Crippen LogP contribution in [-0.2, 0) is 19.4 Å². The van der Waals surface area contributed by atoms with Crippen LogP contribution in [0, 0.1) is 0 Å². The fourth-order valence-corrected chi connectivity index (χ4v) is 3.59. The molecule has 1 aromatic rings. The van der Waals surface area contributed by atoms with Crippen molar-refractivity contribution in [3.63, 3.8) is 0 Å². The van der Waals surface area contributed by atoms with Crippen LogP contribution in [-0.4, -0.2) is 10.3 Å². The normalized spacial score (nSPS) is 19.5. The predicted octanol–water partition coefficient (Wildman–Crippen LogP) is 2.22. The summed E-state index contributed by atoms with van der Waals surface area (Å²) in [4.78, 5) is 12.2. The highest BCUT2D eigenvalue weighted by atomic mass is 32.2. The summed E-state index contributed by atoms with van der Waals surface area (Å²) in [6, 6.07) is 2.26. The largest absolute Gasteiger partial charge is 0.303 e. The summed E-state index contributed by atoms with van der Waals surface area (Å²) in [5.74, 6) is 1.16. The van der Waals surface area contributed by atoms with E-state index >= 15 is 0 Å². The van der Waals surface area contributed by atoms with Gasteiger partial charge in [0, 0.05) is 17.9 Å². The van der Waals surface area contributed by atoms with Gasteiger partial charge in [-0.05, 0) is 43.7 Å². The van der Waals surface area contributed by atoms with Gasteiger partial charge in [-0.2, -0.15) is 0 Å². The lowest BCUT2D eigenvalue weighted by Crippen LogP contribution is -2.30. The van der Waals surface area contributed by atoms with Gasteiger partial charge in [0.1, 0.15) is 0 Å². The predicted molar refractivity (Wildman–Crippen MR) is 62.7 cm³/mol. The number of thioether (sulfide) groups is 1. The average molecular weight is 221 g/mol. The van der Waals surface area contributed by atoms with E-state index in [1.807, 2.05) is 16.3 Å². The minimum Gasteiger partial charge on any atom is -0.303 e. The lowest BCUT2D eigenvalue weighted by Gasteiger charge is -2.23. The molecular formula is C12H15NOS.